The second kappa shape index (κ2) is 18.3. The van der Waals surface area contributed by atoms with Crippen LogP contribution in [0.4, 0.5) is 42.1 Å². The van der Waals surface area contributed by atoms with Crippen molar-refractivity contribution < 1.29 is 63.4 Å². The Balaban J connectivity index is 0.000000819. The molecule has 0 amide bonds. The van der Waals surface area contributed by atoms with E-state index in [0.717, 1.165) is 53.6 Å². The number of carbonyl (C=O) groups excluding carboxylic acids is 2. The van der Waals surface area contributed by atoms with Gasteiger partial charge in [-0.15, -0.1) is 0 Å². The van der Waals surface area contributed by atoms with Crippen LogP contribution < -0.4 is 9.62 Å². The predicted molar refractivity (Wildman–Crippen MR) is 209 cm³/mol. The highest BCUT2D eigenvalue weighted by Gasteiger charge is 2.38. The van der Waals surface area contributed by atoms with E-state index in [1.54, 1.807) is 18.3 Å². The number of benzene rings is 3. The summed E-state index contributed by atoms with van der Waals surface area (Å²) in [7, 11) is -3.14. The minimum atomic E-state index is -5.08. The summed E-state index contributed by atoms with van der Waals surface area (Å²) < 4.78 is 123. The molecule has 2 fully saturated rings. The van der Waals surface area contributed by atoms with Crippen LogP contribution in [0.2, 0.25) is 0 Å². The molecule has 0 radical (unpaired) electrons. The number of halogens is 7. The van der Waals surface area contributed by atoms with E-state index in [0.29, 0.717) is 35.4 Å². The van der Waals surface area contributed by atoms with Crippen LogP contribution in [0, 0.1) is 17.5 Å². The van der Waals surface area contributed by atoms with Crippen LogP contribution in [0.3, 0.4) is 0 Å². The number of aromatic amines is 1. The van der Waals surface area contributed by atoms with Gasteiger partial charge in [-0.25, -0.2) is 32.1 Å². The van der Waals surface area contributed by atoms with Crippen LogP contribution in [0.5, 0.6) is 0 Å². The number of rotatable bonds is 11. The fraction of sp³-hybridized carbons (Fsp3) is 0.300. The first-order valence-corrected chi connectivity index (χ1v) is 20.0. The van der Waals surface area contributed by atoms with E-state index >= 15 is 8.78 Å². The number of aliphatic carboxylic acids is 1. The third-order valence-corrected chi connectivity index (χ3v) is 11.6. The van der Waals surface area contributed by atoms with Gasteiger partial charge in [0, 0.05) is 80.4 Å². The first-order valence-electron chi connectivity index (χ1n) is 18.5. The molecule has 0 spiro atoms. The summed E-state index contributed by atoms with van der Waals surface area (Å²) in [5.41, 5.74) is 1.86. The zero-order chi connectivity index (χ0) is 44.2. The second-order valence-corrected chi connectivity index (χ2v) is 15.7. The van der Waals surface area contributed by atoms with Crippen molar-refractivity contribution in [2.75, 3.05) is 62.5 Å². The van der Waals surface area contributed by atoms with Crippen molar-refractivity contribution >= 4 is 50.3 Å². The van der Waals surface area contributed by atoms with Crippen molar-refractivity contribution in [3.63, 3.8) is 0 Å². The monoisotopic (exact) mass is 878 g/mol. The number of esters is 1. The van der Waals surface area contributed by atoms with Crippen LogP contribution in [-0.2, 0) is 26.2 Å². The molecule has 5 aromatic rings. The van der Waals surface area contributed by atoms with E-state index in [2.05, 4.69) is 24.5 Å². The molecule has 3 aromatic carbocycles. The van der Waals surface area contributed by atoms with Crippen molar-refractivity contribution in [2.45, 2.75) is 25.2 Å². The van der Waals surface area contributed by atoms with Gasteiger partial charge in [0.05, 0.1) is 23.9 Å². The molecule has 7 rings (SSSR count). The molecule has 1 atom stereocenters. The summed E-state index contributed by atoms with van der Waals surface area (Å²) in [6, 6.07) is 15.7. The minimum absolute atomic E-state index is 0.00117. The number of ether oxygens (including phenoxy) is 1. The summed E-state index contributed by atoms with van der Waals surface area (Å²) >= 11 is 0. The van der Waals surface area contributed by atoms with Gasteiger partial charge in [0.25, 0.3) is 0 Å². The molecule has 13 nitrogen and oxygen atoms in total. The van der Waals surface area contributed by atoms with Crippen LogP contribution in [0.25, 0.3) is 22.2 Å². The molecule has 2 saturated heterocycles. The number of carboxylic acids is 1. The number of alkyl halides is 4. The predicted octanol–water partition coefficient (Wildman–Crippen LogP) is 6.36. The summed E-state index contributed by atoms with van der Waals surface area (Å²) in [6.07, 6.45) is -2.73. The Labute approximate surface area is 343 Å². The lowest BCUT2D eigenvalue weighted by Gasteiger charge is -2.36. The maximum Gasteiger partial charge on any atom is 0.490 e. The fourth-order valence-corrected chi connectivity index (χ4v) is 8.06. The first-order chi connectivity index (χ1) is 28.9. The Hall–Kier alpha value is -6.06. The van der Waals surface area contributed by atoms with Gasteiger partial charge in [-0.2, -0.15) is 25.9 Å². The van der Waals surface area contributed by atoms with Crippen LogP contribution >= 0.6 is 0 Å². The molecule has 21 heteroatoms. The number of hydrogen-bond acceptors (Lipinski definition) is 9. The molecule has 324 valence electrons. The highest BCUT2D eigenvalue weighted by molar-refractivity contribution is 7.90. The molecule has 2 aliphatic rings. The van der Waals surface area contributed by atoms with Crippen molar-refractivity contribution in [2.24, 2.45) is 0 Å². The lowest BCUT2D eigenvalue weighted by molar-refractivity contribution is -0.192. The standard InChI is InChI=1S/C38H36F4N6O5S.C2HF3O2/c1-53-38(50)28-7-6-27(19-32(28)41)47-16-14-46(15-17-47)12-10-23-2-4-24(5-3-23)25-18-29-30(21-44-37(29)43-20-25)36(49)34-31(40)8-9-33(35(34)42)45-54(51,52)48-13-11-26(39)22-48;3-2(4,5)1(6)7/h2-9,18-21,26,45H,10-17,22H2,1H3,(H,43,44);(H,6,7)/t26-;/m1./s1. The van der Waals surface area contributed by atoms with Gasteiger partial charge < -0.3 is 19.7 Å². The number of nitrogens with zero attached hydrogens (tertiary/aromatic N) is 4. The maximum atomic E-state index is 15.6. The van der Waals surface area contributed by atoms with Crippen molar-refractivity contribution in [1.29, 1.82) is 0 Å². The van der Waals surface area contributed by atoms with E-state index in [1.807, 2.05) is 29.0 Å². The van der Waals surface area contributed by atoms with E-state index in [-0.39, 0.29) is 30.6 Å². The average Bonchev–Trinajstić information content (AvgIpc) is 3.88. The molecule has 2 aliphatic heterocycles. The fourth-order valence-electron chi connectivity index (χ4n) is 6.79. The van der Waals surface area contributed by atoms with Crippen molar-refractivity contribution in [3.8, 4) is 11.1 Å². The smallest absolute Gasteiger partial charge is 0.475 e. The zero-order valence-electron chi connectivity index (χ0n) is 32.1. The van der Waals surface area contributed by atoms with Gasteiger partial charge >= 0.3 is 28.3 Å². The van der Waals surface area contributed by atoms with Crippen molar-refractivity contribution in [1.82, 2.24) is 19.2 Å². The summed E-state index contributed by atoms with van der Waals surface area (Å²) in [6.45, 7) is 3.32. The summed E-state index contributed by atoms with van der Waals surface area (Å²) in [5, 5.41) is 7.44. The zero-order valence-corrected chi connectivity index (χ0v) is 32.9. The minimum Gasteiger partial charge on any atom is -0.475 e. The number of nitrogens with one attached hydrogen (secondary N) is 2. The molecule has 0 bridgehead atoms. The number of pyridine rings is 1. The van der Waals surface area contributed by atoms with E-state index < -0.39 is 69.0 Å². The Morgan fingerprint density at radius 2 is 1.61 bits per heavy atom. The average molecular weight is 879 g/mol. The molecule has 61 heavy (non-hydrogen) atoms. The number of anilines is 2. The van der Waals surface area contributed by atoms with E-state index in [9.17, 15) is 40.0 Å². The van der Waals surface area contributed by atoms with Crippen LogP contribution in [-0.4, -0.2) is 116 Å². The molecular formula is C40H37F7N6O7S. The highest BCUT2D eigenvalue weighted by atomic mass is 32.2. The van der Waals surface area contributed by atoms with Gasteiger partial charge in [0.2, 0.25) is 5.78 Å². The maximum absolute atomic E-state index is 15.6. The Morgan fingerprint density at radius 3 is 2.21 bits per heavy atom. The number of H-pyrrole nitrogens is 1. The van der Waals surface area contributed by atoms with Gasteiger partial charge in [-0.05, 0) is 60.4 Å². The number of carbonyl (C=O) groups is 3. The summed E-state index contributed by atoms with van der Waals surface area (Å²) in [5.74, 6) is -7.66. The van der Waals surface area contributed by atoms with Crippen LogP contribution in [0.15, 0.2) is 73.1 Å². The SMILES string of the molecule is COC(=O)c1ccc(N2CCN(CCc3ccc(-c4cnc5[nH]cc(C(=O)c6c(F)ccc(NS(=O)(=O)N7CC[C@@H](F)C7)c6F)c5c4)cc3)CC2)cc1F.O=C(O)C(F)(F)F. The Bertz CT molecular complexity index is 2550. The number of aromatic nitrogens is 2. The normalized spacial score (nSPS) is 16.3. The number of ketones is 1. The number of methoxy groups -OCH3 is 1. The molecule has 0 saturated carbocycles. The van der Waals surface area contributed by atoms with Gasteiger partial charge in [-0.3, -0.25) is 14.4 Å². The van der Waals surface area contributed by atoms with E-state index in [4.69, 9.17) is 9.90 Å². The number of hydrogen-bond donors (Lipinski definition) is 3. The van der Waals surface area contributed by atoms with Crippen LogP contribution in [0.1, 0.15) is 38.3 Å². The largest absolute Gasteiger partial charge is 0.490 e. The highest BCUT2D eigenvalue weighted by Crippen LogP contribution is 2.31. The molecule has 2 aromatic heterocycles. The number of piperazine rings is 1. The molecule has 0 unspecified atom stereocenters. The van der Waals surface area contributed by atoms with Gasteiger partial charge in [-0.1, -0.05) is 24.3 Å². The lowest BCUT2D eigenvalue weighted by atomic mass is 9.99. The molecule has 4 heterocycles. The van der Waals surface area contributed by atoms with Gasteiger partial charge in [0.15, 0.2) is 5.82 Å². The second-order valence-electron chi connectivity index (χ2n) is 14.0. The topological polar surface area (TPSA) is 165 Å². The summed E-state index contributed by atoms with van der Waals surface area (Å²) in [4.78, 5) is 45.9. The molecular weight excluding hydrogens is 842 g/mol. The van der Waals surface area contributed by atoms with E-state index in [1.165, 1.54) is 25.4 Å². The number of fused-ring (bicyclic) bond motifs is 1. The third kappa shape index (κ3) is 10.3. The molecule has 3 N–H and O–H groups in total. The molecule has 0 aliphatic carbocycles. The number of carboxylic acid groups (broad SMARTS) is 1. The van der Waals surface area contributed by atoms with Gasteiger partial charge in [0.1, 0.15) is 23.5 Å². The Kier molecular flexibility index (Phi) is 13.3. The quantitative estimate of drug-likeness (QED) is 0.0773. The first kappa shape index (κ1) is 44.5. The lowest BCUT2D eigenvalue weighted by Crippen LogP contribution is -2.47. The third-order valence-electron chi connectivity index (χ3n) is 10.1. The van der Waals surface area contributed by atoms with Crippen molar-refractivity contribution in [3.05, 3.63) is 113 Å². The Morgan fingerprint density at radius 1 is 0.918 bits per heavy atom.